The van der Waals surface area contributed by atoms with Crippen LogP contribution in [-0.2, 0) is 18.8 Å². The molecule has 1 saturated heterocycles. The van der Waals surface area contributed by atoms with Crippen LogP contribution in [-0.4, -0.2) is 30.9 Å². The molecule has 19 heavy (non-hydrogen) atoms. The minimum Gasteiger partial charge on any atom is -0.466 e. The Morgan fingerprint density at radius 3 is 2.32 bits per heavy atom. The first-order chi connectivity index (χ1) is 8.78. The molecule has 5 heteroatoms. The zero-order chi connectivity index (χ0) is 14.3. The van der Waals surface area contributed by atoms with Crippen molar-refractivity contribution < 1.29 is 18.8 Å². The fourth-order valence-electron chi connectivity index (χ4n) is 2.92. The van der Waals surface area contributed by atoms with E-state index in [9.17, 15) is 4.79 Å². The van der Waals surface area contributed by atoms with Crippen LogP contribution in [0, 0.1) is 5.92 Å². The van der Waals surface area contributed by atoms with Gasteiger partial charge in [-0.1, -0.05) is 12.8 Å². The maximum absolute atomic E-state index is 12.0. The number of carbonyl (C=O) groups excluding carboxylic acids is 1. The molecule has 2 rings (SSSR count). The number of esters is 1. The molecule has 108 valence electrons. The van der Waals surface area contributed by atoms with Gasteiger partial charge in [0.05, 0.1) is 23.7 Å². The number of hydrogen-bond donors (Lipinski definition) is 0. The van der Waals surface area contributed by atoms with Crippen LogP contribution in [0.15, 0.2) is 0 Å². The van der Waals surface area contributed by atoms with Crippen molar-refractivity contribution in [1.29, 1.82) is 0 Å². The van der Waals surface area contributed by atoms with Gasteiger partial charge in [0.25, 0.3) is 0 Å². The highest BCUT2D eigenvalue weighted by Crippen LogP contribution is 2.47. The van der Waals surface area contributed by atoms with E-state index in [0.717, 1.165) is 19.3 Å². The molecule has 1 saturated carbocycles. The molecule has 2 atom stereocenters. The lowest BCUT2D eigenvalue weighted by Gasteiger charge is -2.32. The Balaban J connectivity index is 2.08. The van der Waals surface area contributed by atoms with Crippen LogP contribution in [0.4, 0.5) is 0 Å². The third-order valence-corrected chi connectivity index (χ3v) is 4.78. The Bertz CT molecular complexity index is 337. The molecule has 0 bridgehead atoms. The highest BCUT2D eigenvalue weighted by atomic mass is 16.7. The standard InChI is InChI=1S/C14H25BO4/c1-6-17-12(16)10-8-7-9-11(10)15-18-13(2,3)14(4,5)19-15/h10-11H,6-9H2,1-5H3/t10-,11+/m1/s1. The predicted molar refractivity (Wildman–Crippen MR) is 73.8 cm³/mol. The van der Waals surface area contributed by atoms with E-state index in [2.05, 4.69) is 0 Å². The fourth-order valence-corrected chi connectivity index (χ4v) is 2.92. The highest BCUT2D eigenvalue weighted by molar-refractivity contribution is 6.48. The fraction of sp³-hybridized carbons (Fsp3) is 0.929. The summed E-state index contributed by atoms with van der Waals surface area (Å²) in [5.74, 6) is -0.0468. The molecule has 0 amide bonds. The van der Waals surface area contributed by atoms with Crippen molar-refractivity contribution in [3.05, 3.63) is 0 Å². The predicted octanol–water partition coefficient (Wildman–Crippen LogP) is 2.81. The van der Waals surface area contributed by atoms with Crippen molar-refractivity contribution in [2.24, 2.45) is 5.92 Å². The monoisotopic (exact) mass is 268 g/mol. The summed E-state index contributed by atoms with van der Waals surface area (Å²) in [4.78, 5) is 12.0. The highest BCUT2D eigenvalue weighted by Gasteiger charge is 2.56. The second-order valence-electron chi connectivity index (χ2n) is 6.58. The zero-order valence-electron chi connectivity index (χ0n) is 12.7. The molecule has 1 aliphatic carbocycles. The van der Waals surface area contributed by atoms with Crippen LogP contribution in [0.3, 0.4) is 0 Å². The van der Waals surface area contributed by atoms with Crippen LogP contribution >= 0.6 is 0 Å². The van der Waals surface area contributed by atoms with Gasteiger partial charge in [-0.3, -0.25) is 4.79 Å². The number of rotatable bonds is 3. The molecule has 0 aromatic rings. The normalized spacial score (nSPS) is 32.6. The minimum absolute atomic E-state index is 0.0744. The molecule has 0 aromatic carbocycles. The number of ether oxygens (including phenoxy) is 1. The molecule has 1 heterocycles. The van der Waals surface area contributed by atoms with Crippen LogP contribution < -0.4 is 0 Å². The third-order valence-electron chi connectivity index (χ3n) is 4.78. The van der Waals surface area contributed by atoms with E-state index in [-0.39, 0.29) is 36.0 Å². The Kier molecular flexibility index (Phi) is 3.98. The summed E-state index contributed by atoms with van der Waals surface area (Å²) < 4.78 is 17.3. The van der Waals surface area contributed by atoms with Crippen LogP contribution in [0.2, 0.25) is 5.82 Å². The van der Waals surface area contributed by atoms with Crippen LogP contribution in [0.5, 0.6) is 0 Å². The van der Waals surface area contributed by atoms with Crippen molar-refractivity contribution in [3.8, 4) is 0 Å². The van der Waals surface area contributed by atoms with E-state index in [1.54, 1.807) is 0 Å². The first-order valence-corrected chi connectivity index (χ1v) is 7.31. The molecule has 0 aromatic heterocycles. The van der Waals surface area contributed by atoms with Crippen LogP contribution in [0.25, 0.3) is 0 Å². The van der Waals surface area contributed by atoms with Gasteiger partial charge in [-0.15, -0.1) is 0 Å². The Labute approximate surface area is 116 Å². The Morgan fingerprint density at radius 1 is 1.21 bits per heavy atom. The second kappa shape index (κ2) is 5.10. The van der Waals surface area contributed by atoms with Gasteiger partial charge in [0.1, 0.15) is 0 Å². The van der Waals surface area contributed by atoms with Gasteiger partial charge in [0.15, 0.2) is 0 Å². The van der Waals surface area contributed by atoms with Gasteiger partial charge in [0, 0.05) is 5.82 Å². The summed E-state index contributed by atoms with van der Waals surface area (Å²) in [6.45, 7) is 10.5. The molecule has 0 N–H and O–H groups in total. The third kappa shape index (κ3) is 2.68. The van der Waals surface area contributed by atoms with E-state index < -0.39 is 0 Å². The largest absolute Gasteiger partial charge is 0.466 e. The van der Waals surface area contributed by atoms with Crippen molar-refractivity contribution in [2.45, 2.75) is 70.9 Å². The minimum atomic E-state index is -0.334. The molecular formula is C14H25BO4. The summed E-state index contributed by atoms with van der Waals surface area (Å²) in [6.07, 6.45) is 2.89. The molecule has 2 aliphatic rings. The first kappa shape index (κ1) is 14.9. The van der Waals surface area contributed by atoms with E-state index >= 15 is 0 Å². The lowest BCUT2D eigenvalue weighted by atomic mass is 9.66. The number of carbonyl (C=O) groups is 1. The summed E-state index contributed by atoms with van der Waals surface area (Å²) in [5.41, 5.74) is -0.668. The van der Waals surface area contributed by atoms with Crippen molar-refractivity contribution in [3.63, 3.8) is 0 Å². The van der Waals surface area contributed by atoms with Crippen molar-refractivity contribution in [1.82, 2.24) is 0 Å². The van der Waals surface area contributed by atoms with Gasteiger partial charge >= 0.3 is 13.1 Å². The summed E-state index contributed by atoms with van der Waals surface area (Å²) in [7, 11) is -0.290. The second-order valence-corrected chi connectivity index (χ2v) is 6.58. The van der Waals surface area contributed by atoms with E-state index in [4.69, 9.17) is 14.0 Å². The van der Waals surface area contributed by atoms with E-state index in [0.29, 0.717) is 6.61 Å². The number of hydrogen-bond acceptors (Lipinski definition) is 4. The lowest BCUT2D eigenvalue weighted by molar-refractivity contribution is -0.147. The van der Waals surface area contributed by atoms with Gasteiger partial charge < -0.3 is 14.0 Å². The molecule has 0 radical (unpaired) electrons. The smallest absolute Gasteiger partial charge is 0.462 e. The average Bonchev–Trinajstić information content (AvgIpc) is 2.82. The molecule has 0 spiro atoms. The van der Waals surface area contributed by atoms with E-state index in [1.807, 2.05) is 34.6 Å². The summed E-state index contributed by atoms with van der Waals surface area (Å²) >= 11 is 0. The first-order valence-electron chi connectivity index (χ1n) is 7.31. The van der Waals surface area contributed by atoms with Gasteiger partial charge in [-0.25, -0.2) is 0 Å². The molecule has 4 nitrogen and oxygen atoms in total. The summed E-state index contributed by atoms with van der Waals surface area (Å²) in [5, 5.41) is 0. The molecule has 2 fully saturated rings. The van der Waals surface area contributed by atoms with Crippen molar-refractivity contribution in [2.75, 3.05) is 6.61 Å². The van der Waals surface area contributed by atoms with E-state index in [1.165, 1.54) is 0 Å². The SMILES string of the molecule is CCOC(=O)[C@@H]1CCC[C@@H]1B1OC(C)(C)C(C)(C)O1. The topological polar surface area (TPSA) is 44.8 Å². The summed E-state index contributed by atoms with van der Waals surface area (Å²) in [6, 6.07) is 0. The zero-order valence-corrected chi connectivity index (χ0v) is 12.7. The van der Waals surface area contributed by atoms with Gasteiger partial charge in [0.2, 0.25) is 0 Å². The van der Waals surface area contributed by atoms with Gasteiger partial charge in [-0.2, -0.15) is 0 Å². The maximum Gasteiger partial charge on any atom is 0.462 e. The molecule has 0 unspecified atom stereocenters. The Morgan fingerprint density at radius 2 is 1.79 bits per heavy atom. The van der Waals surface area contributed by atoms with Crippen molar-refractivity contribution >= 4 is 13.1 Å². The Hall–Kier alpha value is -0.545. The maximum atomic E-state index is 12.0. The molecule has 1 aliphatic heterocycles. The quantitative estimate of drug-likeness (QED) is 0.583. The molecular weight excluding hydrogens is 243 g/mol. The average molecular weight is 268 g/mol. The van der Waals surface area contributed by atoms with Crippen LogP contribution in [0.1, 0.15) is 53.9 Å². The van der Waals surface area contributed by atoms with Gasteiger partial charge in [-0.05, 0) is 41.0 Å². The lowest BCUT2D eigenvalue weighted by Crippen LogP contribution is -2.41.